The molecule has 0 radical (unpaired) electrons. The summed E-state index contributed by atoms with van der Waals surface area (Å²) >= 11 is 0. The van der Waals surface area contributed by atoms with Gasteiger partial charge in [0.1, 0.15) is 13.2 Å². The number of esters is 3. The summed E-state index contributed by atoms with van der Waals surface area (Å²) in [6.07, 6.45) is 88.0. The fourth-order valence-corrected chi connectivity index (χ4v) is 10.1. The minimum Gasteiger partial charge on any atom is -0.462 e. The van der Waals surface area contributed by atoms with Gasteiger partial charge in [-0.3, -0.25) is 14.4 Å². The van der Waals surface area contributed by atoms with Crippen molar-refractivity contribution < 1.29 is 28.6 Å². The lowest BCUT2D eigenvalue weighted by Gasteiger charge is -2.18. The highest BCUT2D eigenvalue weighted by molar-refractivity contribution is 5.71. The quantitative estimate of drug-likeness (QED) is 0.0261. The first-order chi connectivity index (χ1) is 39.0. The molecule has 0 rings (SSSR count). The van der Waals surface area contributed by atoms with Crippen LogP contribution >= 0.6 is 0 Å². The Balaban J connectivity index is 4.17. The molecule has 0 bridgehead atoms. The third-order valence-electron chi connectivity index (χ3n) is 15.2. The molecule has 1 atom stereocenters. The summed E-state index contributed by atoms with van der Waals surface area (Å²) in [4.78, 5) is 38.3. The number of carbonyl (C=O) groups is 3. The van der Waals surface area contributed by atoms with Crippen molar-refractivity contribution in [2.75, 3.05) is 13.2 Å². The summed E-state index contributed by atoms with van der Waals surface area (Å²) in [5.74, 6) is -0.865. The number of hydrogen-bond acceptors (Lipinski definition) is 6. The van der Waals surface area contributed by atoms with Gasteiger partial charge >= 0.3 is 17.9 Å². The monoisotopic (exact) mass is 1100 g/mol. The van der Waals surface area contributed by atoms with Gasteiger partial charge < -0.3 is 14.2 Å². The molecular formula is C73H130O6. The van der Waals surface area contributed by atoms with E-state index in [-0.39, 0.29) is 31.1 Å². The molecule has 0 aliphatic rings. The third kappa shape index (κ3) is 65.5. The molecule has 0 spiro atoms. The zero-order valence-corrected chi connectivity index (χ0v) is 52.6. The number of carbonyl (C=O) groups excluding carboxylic acids is 3. The van der Waals surface area contributed by atoms with Gasteiger partial charge in [0, 0.05) is 19.3 Å². The first-order valence-corrected chi connectivity index (χ1v) is 34.4. The molecule has 79 heavy (non-hydrogen) atoms. The molecule has 0 N–H and O–H groups in total. The van der Waals surface area contributed by atoms with E-state index >= 15 is 0 Å². The van der Waals surface area contributed by atoms with Crippen molar-refractivity contribution in [3.8, 4) is 0 Å². The standard InChI is InChI=1S/C73H130O6/c1-4-7-10-13-16-19-21-23-25-27-29-31-33-35-36-38-39-41-43-45-47-49-51-54-57-60-63-66-72(75)78-69-70(68-77-71(74)65-62-59-56-53-18-15-12-9-6-3)79-73(76)67-64-61-58-55-52-50-48-46-44-42-40-37-34-32-30-28-26-24-22-20-17-14-11-8-5-2/h7,10,16,19,23,25,29,31,35-36,39,41,70H,4-6,8-9,11-15,17-18,20-22,24,26-28,30,32-34,37-38,40,42-69H2,1-3H3/b10-7-,19-16-,25-23-,31-29-,36-35-,41-39-. The van der Waals surface area contributed by atoms with Gasteiger partial charge in [-0.25, -0.2) is 0 Å². The van der Waals surface area contributed by atoms with Crippen LogP contribution in [0.1, 0.15) is 355 Å². The molecule has 0 aromatic rings. The molecule has 6 nitrogen and oxygen atoms in total. The Hall–Kier alpha value is -3.15. The van der Waals surface area contributed by atoms with Gasteiger partial charge in [-0.1, -0.05) is 338 Å². The summed E-state index contributed by atoms with van der Waals surface area (Å²) in [6.45, 7) is 6.55. The molecule has 1 unspecified atom stereocenters. The van der Waals surface area contributed by atoms with Crippen LogP contribution < -0.4 is 0 Å². The maximum absolute atomic E-state index is 12.9. The predicted molar refractivity (Wildman–Crippen MR) is 344 cm³/mol. The molecule has 0 aromatic carbocycles. The van der Waals surface area contributed by atoms with Crippen LogP contribution in [0.5, 0.6) is 0 Å². The van der Waals surface area contributed by atoms with E-state index in [0.29, 0.717) is 19.3 Å². The molecule has 458 valence electrons. The fourth-order valence-electron chi connectivity index (χ4n) is 10.1. The first kappa shape index (κ1) is 75.8. The zero-order chi connectivity index (χ0) is 57.1. The molecule has 0 aliphatic carbocycles. The minimum absolute atomic E-state index is 0.0733. The lowest BCUT2D eigenvalue weighted by atomic mass is 10.0. The Morgan fingerprint density at radius 2 is 0.494 bits per heavy atom. The van der Waals surface area contributed by atoms with Crippen LogP contribution in [-0.4, -0.2) is 37.2 Å². The van der Waals surface area contributed by atoms with Gasteiger partial charge in [0.05, 0.1) is 0 Å². The molecule has 0 aliphatic heterocycles. The zero-order valence-electron chi connectivity index (χ0n) is 52.6. The molecule has 0 amide bonds. The van der Waals surface area contributed by atoms with E-state index in [9.17, 15) is 14.4 Å². The van der Waals surface area contributed by atoms with E-state index in [2.05, 4.69) is 93.7 Å². The van der Waals surface area contributed by atoms with Crippen molar-refractivity contribution in [1.29, 1.82) is 0 Å². The van der Waals surface area contributed by atoms with E-state index in [0.717, 1.165) is 103 Å². The van der Waals surface area contributed by atoms with Gasteiger partial charge in [-0.05, 0) is 70.6 Å². The number of hydrogen-bond donors (Lipinski definition) is 0. The average Bonchev–Trinajstić information content (AvgIpc) is 3.45. The first-order valence-electron chi connectivity index (χ1n) is 34.4. The SMILES string of the molecule is CC/C=C\C/C=C\C/C=C\C/C=C\C/C=C\C/C=C\CCCCCCCCCCC(=O)OCC(COC(=O)CCCCCCCCCCC)OC(=O)CCCCCCCCCCCCCCCCCCCCCCCCCCC. The summed E-state index contributed by atoms with van der Waals surface area (Å²) in [5.41, 5.74) is 0. The summed E-state index contributed by atoms with van der Waals surface area (Å²) in [6, 6.07) is 0. The Morgan fingerprint density at radius 3 is 0.772 bits per heavy atom. The second kappa shape index (κ2) is 67.4. The van der Waals surface area contributed by atoms with E-state index in [1.807, 2.05) is 0 Å². The van der Waals surface area contributed by atoms with Crippen molar-refractivity contribution >= 4 is 17.9 Å². The van der Waals surface area contributed by atoms with Crippen LogP contribution in [0.15, 0.2) is 72.9 Å². The molecule has 6 heteroatoms. The van der Waals surface area contributed by atoms with Crippen molar-refractivity contribution in [3.63, 3.8) is 0 Å². The van der Waals surface area contributed by atoms with Crippen LogP contribution in [0.2, 0.25) is 0 Å². The Kier molecular flexibility index (Phi) is 64.7. The highest BCUT2D eigenvalue weighted by atomic mass is 16.6. The van der Waals surface area contributed by atoms with Gasteiger partial charge in [-0.15, -0.1) is 0 Å². The van der Waals surface area contributed by atoms with E-state index < -0.39 is 6.10 Å². The number of rotatable bonds is 63. The molecule has 0 saturated heterocycles. The van der Waals surface area contributed by atoms with Crippen LogP contribution in [0, 0.1) is 0 Å². The Morgan fingerprint density at radius 1 is 0.266 bits per heavy atom. The van der Waals surface area contributed by atoms with Crippen molar-refractivity contribution in [3.05, 3.63) is 72.9 Å². The number of allylic oxidation sites excluding steroid dienone is 12. The summed E-state index contributed by atoms with van der Waals surface area (Å²) in [5, 5.41) is 0. The number of ether oxygens (including phenoxy) is 3. The van der Waals surface area contributed by atoms with Gasteiger partial charge in [0.2, 0.25) is 0 Å². The van der Waals surface area contributed by atoms with Crippen LogP contribution in [0.25, 0.3) is 0 Å². The normalized spacial score (nSPS) is 12.5. The fraction of sp³-hybridized carbons (Fsp3) is 0.795. The highest BCUT2D eigenvalue weighted by Gasteiger charge is 2.19. The predicted octanol–water partition coefficient (Wildman–Crippen LogP) is 23.7. The maximum Gasteiger partial charge on any atom is 0.306 e. The Labute approximate surface area is 491 Å². The van der Waals surface area contributed by atoms with Crippen LogP contribution in [0.3, 0.4) is 0 Å². The molecule has 0 heterocycles. The minimum atomic E-state index is -0.776. The summed E-state index contributed by atoms with van der Waals surface area (Å²) in [7, 11) is 0. The van der Waals surface area contributed by atoms with Gasteiger partial charge in [-0.2, -0.15) is 0 Å². The Bertz CT molecular complexity index is 1450. The second-order valence-electron chi connectivity index (χ2n) is 23.1. The maximum atomic E-state index is 12.9. The van der Waals surface area contributed by atoms with E-state index in [4.69, 9.17) is 14.2 Å². The largest absolute Gasteiger partial charge is 0.462 e. The van der Waals surface area contributed by atoms with Crippen molar-refractivity contribution in [2.24, 2.45) is 0 Å². The molecular weight excluding hydrogens is 973 g/mol. The lowest BCUT2D eigenvalue weighted by Crippen LogP contribution is -2.30. The van der Waals surface area contributed by atoms with E-state index in [1.165, 1.54) is 212 Å². The molecule has 0 saturated carbocycles. The van der Waals surface area contributed by atoms with Gasteiger partial charge in [0.25, 0.3) is 0 Å². The van der Waals surface area contributed by atoms with Crippen LogP contribution in [0.4, 0.5) is 0 Å². The summed E-state index contributed by atoms with van der Waals surface area (Å²) < 4.78 is 16.9. The highest BCUT2D eigenvalue weighted by Crippen LogP contribution is 2.18. The average molecular weight is 1100 g/mol. The number of unbranched alkanes of at least 4 members (excludes halogenated alkanes) is 40. The lowest BCUT2D eigenvalue weighted by molar-refractivity contribution is -0.167. The second-order valence-corrected chi connectivity index (χ2v) is 23.1. The smallest absolute Gasteiger partial charge is 0.306 e. The topological polar surface area (TPSA) is 78.9 Å². The molecule has 0 aromatic heterocycles. The van der Waals surface area contributed by atoms with Gasteiger partial charge in [0.15, 0.2) is 6.10 Å². The van der Waals surface area contributed by atoms with Crippen molar-refractivity contribution in [2.45, 2.75) is 361 Å². The van der Waals surface area contributed by atoms with Crippen LogP contribution in [-0.2, 0) is 28.6 Å². The molecule has 0 fully saturated rings. The van der Waals surface area contributed by atoms with Crippen molar-refractivity contribution in [1.82, 2.24) is 0 Å². The third-order valence-corrected chi connectivity index (χ3v) is 15.2. The van der Waals surface area contributed by atoms with E-state index in [1.54, 1.807) is 0 Å².